The number of aromatic nitrogens is 5. The summed E-state index contributed by atoms with van der Waals surface area (Å²) in [5.74, 6) is 1.79. The number of para-hydroxylation sites is 1. The van der Waals surface area contributed by atoms with Crippen LogP contribution in [0.4, 0.5) is 5.82 Å². The molecule has 0 saturated carbocycles. The number of anilines is 1. The number of hydrogen-bond acceptors (Lipinski definition) is 7. The third-order valence-corrected chi connectivity index (χ3v) is 4.34. The Morgan fingerprint density at radius 3 is 2.72 bits per heavy atom. The Morgan fingerprint density at radius 1 is 1.04 bits per heavy atom. The molecule has 8 heteroatoms. The fraction of sp³-hybridized carbons (Fsp3) is 0.0588. The second-order valence-electron chi connectivity index (χ2n) is 5.25. The van der Waals surface area contributed by atoms with Gasteiger partial charge in [0.25, 0.3) is 0 Å². The van der Waals surface area contributed by atoms with Crippen LogP contribution in [-0.4, -0.2) is 25.2 Å². The molecule has 2 N–H and O–H groups in total. The number of benzene rings is 1. The number of tetrazole rings is 1. The number of ether oxygens (including phenoxy) is 1. The molecule has 0 radical (unpaired) electrons. The molecule has 3 heterocycles. The fourth-order valence-electron chi connectivity index (χ4n) is 2.21. The van der Waals surface area contributed by atoms with E-state index in [4.69, 9.17) is 10.5 Å². The molecular weight excluding hydrogens is 336 g/mol. The van der Waals surface area contributed by atoms with Crippen molar-refractivity contribution in [3.63, 3.8) is 0 Å². The van der Waals surface area contributed by atoms with E-state index in [0.717, 1.165) is 21.3 Å². The lowest BCUT2D eigenvalue weighted by atomic mass is 10.3. The molecule has 25 heavy (non-hydrogen) atoms. The lowest BCUT2D eigenvalue weighted by Crippen LogP contribution is -2.02. The first-order chi connectivity index (χ1) is 12.3. The van der Waals surface area contributed by atoms with E-state index in [9.17, 15) is 0 Å². The summed E-state index contributed by atoms with van der Waals surface area (Å²) in [6.07, 6.45) is 1.63. The van der Waals surface area contributed by atoms with Crippen LogP contribution >= 0.6 is 11.3 Å². The molecule has 0 aliphatic heterocycles. The second-order valence-corrected chi connectivity index (χ2v) is 6.38. The molecule has 3 aromatic heterocycles. The molecule has 0 atom stereocenters. The van der Waals surface area contributed by atoms with Gasteiger partial charge in [0.2, 0.25) is 5.82 Å². The molecule has 124 valence electrons. The topological polar surface area (TPSA) is 91.7 Å². The number of hydrogen-bond donors (Lipinski definition) is 1. The van der Waals surface area contributed by atoms with Crippen molar-refractivity contribution >= 4 is 17.2 Å². The van der Waals surface area contributed by atoms with Gasteiger partial charge in [0.1, 0.15) is 11.6 Å². The summed E-state index contributed by atoms with van der Waals surface area (Å²) in [5.41, 5.74) is 6.36. The lowest BCUT2D eigenvalue weighted by Gasteiger charge is -2.01. The average Bonchev–Trinajstić information content (AvgIpc) is 3.27. The molecule has 0 unspecified atom stereocenters. The maximum Gasteiger partial charge on any atom is 0.206 e. The SMILES string of the molecule is Nc1ccc(-c2nnn(Cc3ccc(Oc4ccccc4)s3)n2)cn1. The van der Waals surface area contributed by atoms with Crippen molar-refractivity contribution in [1.29, 1.82) is 0 Å². The molecule has 0 aliphatic rings. The maximum atomic E-state index is 5.82. The minimum atomic E-state index is 0.459. The van der Waals surface area contributed by atoms with E-state index in [1.165, 1.54) is 0 Å². The Kier molecular flexibility index (Phi) is 4.09. The van der Waals surface area contributed by atoms with Gasteiger partial charge in [-0.15, -0.1) is 21.5 Å². The van der Waals surface area contributed by atoms with Gasteiger partial charge in [-0.2, -0.15) is 4.80 Å². The molecule has 4 rings (SSSR count). The van der Waals surface area contributed by atoms with Gasteiger partial charge in [-0.25, -0.2) is 4.98 Å². The second kappa shape index (κ2) is 6.70. The van der Waals surface area contributed by atoms with E-state index < -0.39 is 0 Å². The zero-order chi connectivity index (χ0) is 17.1. The number of nitrogen functional groups attached to an aromatic ring is 1. The molecule has 0 spiro atoms. The van der Waals surface area contributed by atoms with Crippen LogP contribution in [0.5, 0.6) is 10.8 Å². The van der Waals surface area contributed by atoms with Crippen molar-refractivity contribution in [2.75, 3.05) is 5.73 Å². The van der Waals surface area contributed by atoms with Crippen molar-refractivity contribution < 1.29 is 4.74 Å². The molecular formula is C17H14N6OS. The number of pyridine rings is 1. The van der Waals surface area contributed by atoms with E-state index in [-0.39, 0.29) is 0 Å². The van der Waals surface area contributed by atoms with E-state index in [1.54, 1.807) is 28.4 Å². The van der Waals surface area contributed by atoms with E-state index in [2.05, 4.69) is 20.4 Å². The summed E-state index contributed by atoms with van der Waals surface area (Å²) in [6, 6.07) is 17.1. The fourth-order valence-corrected chi connectivity index (χ4v) is 3.05. The van der Waals surface area contributed by atoms with Crippen LogP contribution in [0, 0.1) is 0 Å². The molecule has 7 nitrogen and oxygen atoms in total. The highest BCUT2D eigenvalue weighted by Gasteiger charge is 2.09. The minimum Gasteiger partial charge on any atom is -0.447 e. The number of thiophene rings is 1. The summed E-state index contributed by atoms with van der Waals surface area (Å²) in [4.78, 5) is 6.66. The van der Waals surface area contributed by atoms with Crippen molar-refractivity contribution in [2.24, 2.45) is 0 Å². The normalized spacial score (nSPS) is 10.7. The zero-order valence-corrected chi connectivity index (χ0v) is 13.9. The van der Waals surface area contributed by atoms with Crippen molar-refractivity contribution in [1.82, 2.24) is 25.2 Å². The Bertz CT molecular complexity index is 964. The molecule has 1 aromatic carbocycles. The lowest BCUT2D eigenvalue weighted by molar-refractivity contribution is 0.496. The van der Waals surface area contributed by atoms with E-state index in [1.807, 2.05) is 48.5 Å². The summed E-state index contributed by atoms with van der Waals surface area (Å²) in [7, 11) is 0. The minimum absolute atomic E-state index is 0.459. The van der Waals surface area contributed by atoms with Crippen molar-refractivity contribution in [2.45, 2.75) is 6.54 Å². The molecule has 4 aromatic rings. The highest BCUT2D eigenvalue weighted by molar-refractivity contribution is 7.13. The maximum absolute atomic E-state index is 5.82. The Labute approximate surface area is 147 Å². The van der Waals surface area contributed by atoms with Crippen LogP contribution in [0.2, 0.25) is 0 Å². The highest BCUT2D eigenvalue weighted by atomic mass is 32.1. The largest absolute Gasteiger partial charge is 0.447 e. The van der Waals surface area contributed by atoms with Gasteiger partial charge in [0.05, 0.1) is 6.54 Å². The first-order valence-corrected chi connectivity index (χ1v) is 8.39. The average molecular weight is 350 g/mol. The Hall–Kier alpha value is -3.26. The summed E-state index contributed by atoms with van der Waals surface area (Å²) < 4.78 is 5.82. The molecule has 0 amide bonds. The third kappa shape index (κ3) is 3.64. The molecule has 0 fully saturated rings. The monoisotopic (exact) mass is 350 g/mol. The van der Waals surface area contributed by atoms with Crippen molar-refractivity contribution in [3.8, 4) is 22.2 Å². The van der Waals surface area contributed by atoms with Crippen LogP contribution in [-0.2, 0) is 6.54 Å². The van der Waals surface area contributed by atoms with E-state index >= 15 is 0 Å². The zero-order valence-electron chi connectivity index (χ0n) is 13.1. The van der Waals surface area contributed by atoms with Gasteiger partial charge in [0.15, 0.2) is 5.06 Å². The van der Waals surface area contributed by atoms with Gasteiger partial charge >= 0.3 is 0 Å². The van der Waals surface area contributed by atoms with Crippen LogP contribution < -0.4 is 10.5 Å². The summed E-state index contributed by atoms with van der Waals surface area (Å²) in [5, 5.41) is 13.3. The number of nitrogens with zero attached hydrogens (tertiary/aromatic N) is 5. The first kappa shape index (κ1) is 15.3. The van der Waals surface area contributed by atoms with Gasteiger partial charge in [-0.05, 0) is 41.6 Å². The Morgan fingerprint density at radius 2 is 1.92 bits per heavy atom. The molecule has 0 saturated heterocycles. The van der Waals surface area contributed by atoms with E-state index in [0.29, 0.717) is 18.2 Å². The van der Waals surface area contributed by atoms with Gasteiger partial charge in [-0.1, -0.05) is 18.2 Å². The first-order valence-electron chi connectivity index (χ1n) is 7.57. The van der Waals surface area contributed by atoms with Crippen LogP contribution in [0.25, 0.3) is 11.4 Å². The van der Waals surface area contributed by atoms with Gasteiger partial charge in [0, 0.05) is 16.6 Å². The summed E-state index contributed by atoms with van der Waals surface area (Å²) >= 11 is 1.55. The highest BCUT2D eigenvalue weighted by Crippen LogP contribution is 2.29. The molecule has 0 bridgehead atoms. The third-order valence-electron chi connectivity index (χ3n) is 3.39. The predicted molar refractivity (Wildman–Crippen MR) is 95.4 cm³/mol. The standard InChI is InChI=1S/C17H14N6OS/c18-15-8-6-12(10-19-15)17-20-22-23(21-17)11-14-7-9-16(25-14)24-13-4-2-1-3-5-13/h1-10H,11H2,(H2,18,19). The Balaban J connectivity index is 1.45. The van der Waals surface area contributed by atoms with Gasteiger partial charge in [-0.3, -0.25) is 0 Å². The summed E-state index contributed by atoms with van der Waals surface area (Å²) in [6.45, 7) is 0.526. The quantitative estimate of drug-likeness (QED) is 0.594. The number of nitrogens with two attached hydrogens (primary N) is 1. The van der Waals surface area contributed by atoms with Gasteiger partial charge < -0.3 is 10.5 Å². The van der Waals surface area contributed by atoms with Crippen LogP contribution in [0.3, 0.4) is 0 Å². The van der Waals surface area contributed by atoms with Crippen LogP contribution in [0.15, 0.2) is 60.8 Å². The number of rotatable bonds is 5. The van der Waals surface area contributed by atoms with Crippen molar-refractivity contribution in [3.05, 3.63) is 65.7 Å². The molecule has 0 aliphatic carbocycles. The predicted octanol–water partition coefficient (Wildman–Crippen LogP) is 3.22. The smallest absolute Gasteiger partial charge is 0.206 e. The van der Waals surface area contributed by atoms with Crippen LogP contribution in [0.1, 0.15) is 4.88 Å².